The van der Waals surface area contributed by atoms with Crippen molar-refractivity contribution in [2.45, 2.75) is 0 Å². The van der Waals surface area contributed by atoms with E-state index in [2.05, 4.69) is 26.6 Å². The minimum atomic E-state index is -0.381. The molecule has 0 bridgehead atoms. The van der Waals surface area contributed by atoms with Crippen molar-refractivity contribution in [2.75, 3.05) is 12.4 Å². The maximum absolute atomic E-state index is 11.9. The number of nitrogens with one attached hydrogen (secondary N) is 2. The number of ether oxygens (including phenoxy) is 1. The van der Waals surface area contributed by atoms with Gasteiger partial charge in [0.05, 0.1) is 12.8 Å². The fourth-order valence-electron chi connectivity index (χ4n) is 1.72. The molecule has 0 heterocycles. The van der Waals surface area contributed by atoms with Gasteiger partial charge in [0, 0.05) is 15.7 Å². The maximum atomic E-state index is 11.9. The smallest absolute Gasteiger partial charge is 0.323 e. The van der Waals surface area contributed by atoms with Gasteiger partial charge in [-0.1, -0.05) is 39.7 Å². The first-order valence-electron chi connectivity index (χ1n) is 6.41. The van der Waals surface area contributed by atoms with Crippen LogP contribution in [0.4, 0.5) is 10.5 Å². The van der Waals surface area contributed by atoms with Gasteiger partial charge in [-0.2, -0.15) is 0 Å². The van der Waals surface area contributed by atoms with Crippen LogP contribution in [-0.4, -0.2) is 13.1 Å². The number of rotatable bonds is 4. The number of hydrogen-bond donors (Lipinski definition) is 2. The Morgan fingerprint density at radius 2 is 1.95 bits per heavy atom. The van der Waals surface area contributed by atoms with Gasteiger partial charge in [-0.15, -0.1) is 0 Å². The van der Waals surface area contributed by atoms with Crippen LogP contribution in [0.3, 0.4) is 0 Å². The number of benzene rings is 2. The zero-order valence-electron chi connectivity index (χ0n) is 11.8. The van der Waals surface area contributed by atoms with E-state index < -0.39 is 0 Å². The first-order chi connectivity index (χ1) is 10.6. The average molecular weight is 382 g/mol. The number of halogens is 2. The molecule has 2 aromatic rings. The van der Waals surface area contributed by atoms with Gasteiger partial charge in [0.1, 0.15) is 5.75 Å². The Morgan fingerprint density at radius 1 is 1.23 bits per heavy atom. The van der Waals surface area contributed by atoms with Crippen LogP contribution in [0.15, 0.2) is 53.1 Å². The van der Waals surface area contributed by atoms with E-state index in [4.69, 9.17) is 16.3 Å². The van der Waals surface area contributed by atoms with E-state index in [1.54, 1.807) is 30.5 Å². The average Bonchev–Trinajstić information content (AvgIpc) is 2.49. The molecule has 0 aromatic heterocycles. The third-order valence-corrected chi connectivity index (χ3v) is 3.53. The summed E-state index contributed by atoms with van der Waals surface area (Å²) in [5.41, 5.74) is 1.48. The lowest BCUT2D eigenvalue weighted by Crippen LogP contribution is -2.24. The summed E-state index contributed by atoms with van der Waals surface area (Å²) in [5.74, 6) is 0.538. The van der Waals surface area contributed by atoms with Gasteiger partial charge in [0.25, 0.3) is 0 Å². The second kappa shape index (κ2) is 7.87. The van der Waals surface area contributed by atoms with E-state index in [1.807, 2.05) is 24.3 Å². The summed E-state index contributed by atoms with van der Waals surface area (Å²) in [6.45, 7) is 0. The molecule has 0 radical (unpaired) electrons. The molecule has 4 nitrogen and oxygen atoms in total. The van der Waals surface area contributed by atoms with Crippen molar-refractivity contribution in [3.05, 3.63) is 63.7 Å². The summed E-state index contributed by atoms with van der Waals surface area (Å²) in [4.78, 5) is 11.9. The molecule has 0 saturated carbocycles. The Bertz CT molecular complexity index is 687. The highest BCUT2D eigenvalue weighted by Gasteiger charge is 2.06. The Morgan fingerprint density at radius 3 is 2.64 bits per heavy atom. The zero-order valence-corrected chi connectivity index (χ0v) is 14.1. The molecule has 114 valence electrons. The van der Waals surface area contributed by atoms with Crippen LogP contribution < -0.4 is 15.4 Å². The fourth-order valence-corrected chi connectivity index (χ4v) is 2.16. The van der Waals surface area contributed by atoms with E-state index >= 15 is 0 Å². The van der Waals surface area contributed by atoms with Crippen molar-refractivity contribution in [3.63, 3.8) is 0 Å². The van der Waals surface area contributed by atoms with Crippen LogP contribution in [0, 0.1) is 0 Å². The molecular weight excluding hydrogens is 368 g/mol. The Balaban J connectivity index is 1.96. The number of amides is 2. The van der Waals surface area contributed by atoms with Crippen LogP contribution in [0.25, 0.3) is 6.08 Å². The lowest BCUT2D eigenvalue weighted by atomic mass is 10.2. The molecule has 0 aliphatic rings. The molecule has 6 heteroatoms. The molecule has 2 amide bonds. The Labute approximate surface area is 142 Å². The number of urea groups is 1. The fraction of sp³-hybridized carbons (Fsp3) is 0.0625. The van der Waals surface area contributed by atoms with Crippen LogP contribution >= 0.6 is 27.5 Å². The van der Waals surface area contributed by atoms with Crippen LogP contribution in [-0.2, 0) is 0 Å². The third-order valence-electron chi connectivity index (χ3n) is 2.77. The highest BCUT2D eigenvalue weighted by atomic mass is 79.9. The monoisotopic (exact) mass is 380 g/mol. The van der Waals surface area contributed by atoms with Crippen LogP contribution in [0.2, 0.25) is 5.02 Å². The Hall–Kier alpha value is -1.98. The first kappa shape index (κ1) is 16.4. The van der Waals surface area contributed by atoms with Gasteiger partial charge in [0.2, 0.25) is 0 Å². The third kappa shape index (κ3) is 4.79. The molecule has 2 aromatic carbocycles. The number of carbonyl (C=O) groups excluding carboxylic acids is 1. The number of methoxy groups -OCH3 is 1. The lowest BCUT2D eigenvalue weighted by Gasteiger charge is -2.10. The summed E-state index contributed by atoms with van der Waals surface area (Å²) >= 11 is 9.28. The van der Waals surface area contributed by atoms with Crippen molar-refractivity contribution in [1.82, 2.24) is 5.32 Å². The van der Waals surface area contributed by atoms with Crippen molar-refractivity contribution in [1.29, 1.82) is 0 Å². The van der Waals surface area contributed by atoms with Gasteiger partial charge in [-0.25, -0.2) is 4.79 Å². The molecule has 0 unspecified atom stereocenters. The van der Waals surface area contributed by atoms with Crippen LogP contribution in [0.5, 0.6) is 5.75 Å². The van der Waals surface area contributed by atoms with Gasteiger partial charge in [0.15, 0.2) is 0 Å². The maximum Gasteiger partial charge on any atom is 0.323 e. The van der Waals surface area contributed by atoms with E-state index in [-0.39, 0.29) is 6.03 Å². The Kier molecular flexibility index (Phi) is 5.86. The molecule has 0 aliphatic heterocycles. The van der Waals surface area contributed by atoms with Gasteiger partial charge >= 0.3 is 6.03 Å². The highest BCUT2D eigenvalue weighted by Crippen LogP contribution is 2.27. The second-order valence-electron chi connectivity index (χ2n) is 4.33. The van der Waals surface area contributed by atoms with Gasteiger partial charge < -0.3 is 15.4 Å². The van der Waals surface area contributed by atoms with E-state index in [9.17, 15) is 4.79 Å². The molecule has 2 rings (SSSR count). The molecule has 0 saturated heterocycles. The predicted octanol–water partition coefficient (Wildman–Crippen LogP) is 4.90. The standard InChI is InChI=1S/C16H14BrClN2O2/c1-22-15-7-6-13(18)10-14(15)20-16(21)19-9-8-11-2-4-12(17)5-3-11/h2-10H,1H3,(H2,19,20,21)/b9-8+. The number of hydrogen-bond acceptors (Lipinski definition) is 2. The molecule has 22 heavy (non-hydrogen) atoms. The van der Waals surface area contributed by atoms with Crippen molar-refractivity contribution < 1.29 is 9.53 Å². The first-order valence-corrected chi connectivity index (χ1v) is 7.59. The molecule has 2 N–H and O–H groups in total. The minimum Gasteiger partial charge on any atom is -0.495 e. The molecule has 0 aliphatic carbocycles. The topological polar surface area (TPSA) is 50.4 Å². The summed E-state index contributed by atoms with van der Waals surface area (Å²) in [6, 6.07) is 12.3. The van der Waals surface area contributed by atoms with Crippen molar-refractivity contribution in [2.24, 2.45) is 0 Å². The number of carbonyl (C=O) groups is 1. The largest absolute Gasteiger partial charge is 0.495 e. The summed E-state index contributed by atoms with van der Waals surface area (Å²) < 4.78 is 6.17. The second-order valence-corrected chi connectivity index (χ2v) is 5.68. The van der Waals surface area contributed by atoms with E-state index in [0.717, 1.165) is 10.0 Å². The molecule has 0 spiro atoms. The van der Waals surface area contributed by atoms with Crippen molar-refractivity contribution in [3.8, 4) is 5.75 Å². The quantitative estimate of drug-likeness (QED) is 0.791. The lowest BCUT2D eigenvalue weighted by molar-refractivity contribution is 0.255. The molecule has 0 fully saturated rings. The van der Waals surface area contributed by atoms with Crippen molar-refractivity contribution >= 4 is 45.3 Å². The van der Waals surface area contributed by atoms with Crippen LogP contribution in [0.1, 0.15) is 5.56 Å². The van der Waals surface area contributed by atoms with E-state index in [1.165, 1.54) is 7.11 Å². The zero-order chi connectivity index (χ0) is 15.9. The SMILES string of the molecule is COc1ccc(Cl)cc1NC(=O)N/C=C/c1ccc(Br)cc1. The van der Waals surface area contributed by atoms with Gasteiger partial charge in [-0.3, -0.25) is 0 Å². The number of anilines is 1. The van der Waals surface area contributed by atoms with E-state index in [0.29, 0.717) is 16.5 Å². The molecule has 0 atom stereocenters. The normalized spacial score (nSPS) is 10.5. The summed E-state index contributed by atoms with van der Waals surface area (Å²) in [7, 11) is 1.53. The summed E-state index contributed by atoms with van der Waals surface area (Å²) in [5, 5.41) is 5.82. The van der Waals surface area contributed by atoms with Gasteiger partial charge in [-0.05, 0) is 42.0 Å². The minimum absolute atomic E-state index is 0.381. The molecular formula is C16H14BrClN2O2. The highest BCUT2D eigenvalue weighted by molar-refractivity contribution is 9.10. The summed E-state index contributed by atoms with van der Waals surface area (Å²) in [6.07, 6.45) is 3.36. The predicted molar refractivity (Wildman–Crippen MR) is 93.3 cm³/mol.